The molecular weight excluding hydrogens is 400 g/mol. The van der Waals surface area contributed by atoms with Gasteiger partial charge in [-0.25, -0.2) is 9.37 Å². The Bertz CT molecular complexity index is 1000. The average Bonchev–Trinajstić information content (AvgIpc) is 2.98. The van der Waals surface area contributed by atoms with Gasteiger partial charge in [0.1, 0.15) is 11.6 Å². The predicted molar refractivity (Wildman–Crippen MR) is 111 cm³/mol. The molecule has 4 nitrogen and oxygen atoms in total. The second-order valence-electron chi connectivity index (χ2n) is 6.83. The molecule has 0 radical (unpaired) electrons. The molecule has 1 aromatic heterocycles. The lowest BCUT2D eigenvalue weighted by molar-refractivity contribution is -0.121. The van der Waals surface area contributed by atoms with Crippen molar-refractivity contribution < 1.29 is 9.18 Å². The lowest BCUT2D eigenvalue weighted by Crippen LogP contribution is -2.32. The van der Waals surface area contributed by atoms with E-state index in [4.69, 9.17) is 23.2 Å². The van der Waals surface area contributed by atoms with Crippen molar-refractivity contribution in [1.29, 1.82) is 0 Å². The first-order valence-corrected chi connectivity index (χ1v) is 10.0. The summed E-state index contributed by atoms with van der Waals surface area (Å²) in [6, 6.07) is 10.2. The minimum absolute atomic E-state index is 0.0342. The van der Waals surface area contributed by atoms with Gasteiger partial charge in [0.15, 0.2) is 0 Å². The van der Waals surface area contributed by atoms with E-state index in [0.717, 1.165) is 11.9 Å². The quantitative estimate of drug-likeness (QED) is 0.556. The fourth-order valence-electron chi connectivity index (χ4n) is 3.03. The number of amides is 1. The summed E-state index contributed by atoms with van der Waals surface area (Å²) in [6.07, 6.45) is 1.47. The van der Waals surface area contributed by atoms with Gasteiger partial charge < -0.3 is 9.88 Å². The van der Waals surface area contributed by atoms with Crippen molar-refractivity contribution in [3.63, 3.8) is 0 Å². The Kier molecular flexibility index (Phi) is 6.57. The molecule has 1 atom stereocenters. The second kappa shape index (κ2) is 8.93. The van der Waals surface area contributed by atoms with Crippen LogP contribution < -0.4 is 5.32 Å². The summed E-state index contributed by atoms with van der Waals surface area (Å²) in [5.41, 5.74) is 1.99. The van der Waals surface area contributed by atoms with Gasteiger partial charge in [-0.1, -0.05) is 48.3 Å². The number of rotatable bonds is 7. The van der Waals surface area contributed by atoms with Crippen molar-refractivity contribution in [2.24, 2.45) is 0 Å². The molecule has 0 aliphatic rings. The van der Waals surface area contributed by atoms with Crippen LogP contribution in [0.15, 0.2) is 36.4 Å². The number of fused-ring (bicyclic) bond motifs is 1. The average molecular weight is 422 g/mol. The molecule has 3 rings (SSSR count). The van der Waals surface area contributed by atoms with E-state index in [1.807, 2.05) is 18.4 Å². The van der Waals surface area contributed by atoms with Crippen molar-refractivity contribution in [3.05, 3.63) is 63.6 Å². The molecule has 3 aromatic rings. The van der Waals surface area contributed by atoms with Gasteiger partial charge in [-0.05, 0) is 37.1 Å². The Hall–Kier alpha value is -2.11. The maximum atomic E-state index is 14.1. The van der Waals surface area contributed by atoms with Gasteiger partial charge in [0.2, 0.25) is 5.91 Å². The van der Waals surface area contributed by atoms with Crippen LogP contribution in [-0.2, 0) is 17.8 Å². The summed E-state index contributed by atoms with van der Waals surface area (Å²) < 4.78 is 16.1. The number of imidazole rings is 1. The fourth-order valence-corrected chi connectivity index (χ4v) is 3.34. The van der Waals surface area contributed by atoms with E-state index in [9.17, 15) is 9.18 Å². The molecule has 7 heteroatoms. The van der Waals surface area contributed by atoms with Crippen LogP contribution in [0.5, 0.6) is 0 Å². The number of halogens is 3. The first-order valence-electron chi connectivity index (χ1n) is 9.26. The van der Waals surface area contributed by atoms with E-state index in [1.165, 1.54) is 6.07 Å². The van der Waals surface area contributed by atoms with E-state index in [0.29, 0.717) is 46.3 Å². The molecule has 0 aliphatic carbocycles. The van der Waals surface area contributed by atoms with Gasteiger partial charge in [-0.3, -0.25) is 4.79 Å². The Morgan fingerprint density at radius 2 is 1.96 bits per heavy atom. The molecule has 0 fully saturated rings. The normalized spacial score (nSPS) is 12.3. The van der Waals surface area contributed by atoms with Crippen LogP contribution in [-0.4, -0.2) is 21.5 Å². The van der Waals surface area contributed by atoms with Crippen molar-refractivity contribution in [1.82, 2.24) is 14.9 Å². The van der Waals surface area contributed by atoms with Gasteiger partial charge in [-0.2, -0.15) is 0 Å². The third-order valence-electron chi connectivity index (χ3n) is 4.76. The number of carbonyl (C=O) groups excluding carboxylic acids is 1. The van der Waals surface area contributed by atoms with Crippen LogP contribution in [0.4, 0.5) is 4.39 Å². The van der Waals surface area contributed by atoms with E-state index in [1.54, 1.807) is 30.3 Å². The molecule has 0 spiro atoms. The number of hydrogen-bond acceptors (Lipinski definition) is 2. The lowest BCUT2D eigenvalue weighted by Gasteiger charge is -2.13. The molecule has 0 aliphatic heterocycles. The van der Waals surface area contributed by atoms with E-state index >= 15 is 0 Å². The topological polar surface area (TPSA) is 46.9 Å². The molecule has 0 unspecified atom stereocenters. The predicted octanol–water partition coefficient (Wildman–Crippen LogP) is 5.38. The molecule has 1 heterocycles. The number of aromatic nitrogens is 2. The summed E-state index contributed by atoms with van der Waals surface area (Å²) >= 11 is 12.3. The highest BCUT2D eigenvalue weighted by Crippen LogP contribution is 2.29. The third-order valence-corrected chi connectivity index (χ3v) is 5.48. The summed E-state index contributed by atoms with van der Waals surface area (Å²) in [5.74, 6) is 0.342. The molecule has 1 N–H and O–H groups in total. The molecule has 148 valence electrons. The maximum absolute atomic E-state index is 14.1. The number of carbonyl (C=O) groups is 1. The highest BCUT2D eigenvalue weighted by atomic mass is 35.5. The van der Waals surface area contributed by atoms with E-state index in [-0.39, 0.29) is 17.8 Å². The molecule has 2 aromatic carbocycles. The number of hydrogen-bond donors (Lipinski definition) is 1. The largest absolute Gasteiger partial charge is 0.354 e. The minimum atomic E-state index is -0.285. The van der Waals surface area contributed by atoms with Crippen molar-refractivity contribution >= 4 is 40.1 Å². The summed E-state index contributed by atoms with van der Waals surface area (Å²) in [6.45, 7) is 4.41. The van der Waals surface area contributed by atoms with Gasteiger partial charge in [0, 0.05) is 25.4 Å². The number of aryl methyl sites for hydroxylation is 1. The molecule has 28 heavy (non-hydrogen) atoms. The Balaban J connectivity index is 1.94. The van der Waals surface area contributed by atoms with Crippen LogP contribution >= 0.6 is 23.2 Å². The number of nitrogens with zero attached hydrogens (tertiary/aromatic N) is 2. The molecule has 0 bridgehead atoms. The fraction of sp³-hybridized carbons (Fsp3) is 0.333. The SMILES string of the molecule is CC[C@H](C)NC(=O)CCn1c(Cc2ccccc2F)nc2cc(Cl)c(Cl)cc21. The number of benzene rings is 2. The zero-order valence-corrected chi connectivity index (χ0v) is 17.3. The first kappa shape index (κ1) is 20.6. The first-order chi connectivity index (χ1) is 13.4. The summed E-state index contributed by atoms with van der Waals surface area (Å²) in [7, 11) is 0. The monoisotopic (exact) mass is 421 g/mol. The molecular formula is C21H22Cl2FN3O. The third kappa shape index (κ3) is 4.65. The molecule has 0 saturated heterocycles. The van der Waals surface area contributed by atoms with Crippen molar-refractivity contribution in [3.8, 4) is 0 Å². The zero-order chi connectivity index (χ0) is 20.3. The van der Waals surface area contributed by atoms with Crippen LogP contribution in [0.3, 0.4) is 0 Å². The lowest BCUT2D eigenvalue weighted by atomic mass is 10.1. The Morgan fingerprint density at radius 3 is 2.68 bits per heavy atom. The molecule has 0 saturated carbocycles. The standard InChI is InChI=1S/C21H22Cl2FN3O/c1-3-13(2)25-21(28)8-9-27-19-12-16(23)15(22)11-18(19)26-20(27)10-14-6-4-5-7-17(14)24/h4-7,11-13H,3,8-10H2,1-2H3,(H,25,28)/t13-/m0/s1. The van der Waals surface area contributed by atoms with Crippen LogP contribution in [0, 0.1) is 5.82 Å². The highest BCUT2D eigenvalue weighted by Gasteiger charge is 2.16. The molecule has 1 amide bonds. The van der Waals surface area contributed by atoms with Gasteiger partial charge in [-0.15, -0.1) is 0 Å². The summed E-state index contributed by atoms with van der Waals surface area (Å²) in [4.78, 5) is 16.9. The zero-order valence-electron chi connectivity index (χ0n) is 15.8. The minimum Gasteiger partial charge on any atom is -0.354 e. The van der Waals surface area contributed by atoms with Crippen molar-refractivity contribution in [2.45, 2.75) is 45.7 Å². The maximum Gasteiger partial charge on any atom is 0.221 e. The van der Waals surface area contributed by atoms with Crippen LogP contribution in [0.2, 0.25) is 10.0 Å². The van der Waals surface area contributed by atoms with Crippen LogP contribution in [0.1, 0.15) is 38.1 Å². The second-order valence-corrected chi connectivity index (χ2v) is 7.64. The van der Waals surface area contributed by atoms with Gasteiger partial charge in [0.25, 0.3) is 0 Å². The Morgan fingerprint density at radius 1 is 1.25 bits per heavy atom. The van der Waals surface area contributed by atoms with Gasteiger partial charge in [0.05, 0.1) is 21.1 Å². The summed E-state index contributed by atoms with van der Waals surface area (Å²) in [5, 5.41) is 3.78. The van der Waals surface area contributed by atoms with Gasteiger partial charge >= 0.3 is 0 Å². The number of nitrogens with one attached hydrogen (secondary N) is 1. The van der Waals surface area contributed by atoms with E-state index in [2.05, 4.69) is 10.3 Å². The van der Waals surface area contributed by atoms with Crippen LogP contribution in [0.25, 0.3) is 11.0 Å². The Labute approximate surface area is 173 Å². The highest BCUT2D eigenvalue weighted by molar-refractivity contribution is 6.42. The van der Waals surface area contributed by atoms with E-state index < -0.39 is 0 Å². The van der Waals surface area contributed by atoms with Crippen molar-refractivity contribution in [2.75, 3.05) is 0 Å². The smallest absolute Gasteiger partial charge is 0.221 e.